The Kier molecular flexibility index (Phi) is 5.19. The lowest BCUT2D eigenvalue weighted by Gasteiger charge is -2.35. The number of nitrogens with one attached hydrogen (secondary N) is 1. The van der Waals surface area contributed by atoms with E-state index in [1.807, 2.05) is 0 Å². The molecule has 0 spiro atoms. The predicted octanol–water partition coefficient (Wildman–Crippen LogP) is 0.339. The topological polar surface area (TPSA) is 67.6 Å². The summed E-state index contributed by atoms with van der Waals surface area (Å²) < 4.78 is 5.81. The summed E-state index contributed by atoms with van der Waals surface area (Å²) in [6.45, 7) is 7.64. The van der Waals surface area contributed by atoms with Gasteiger partial charge in [0.2, 0.25) is 5.91 Å². The van der Waals surface area contributed by atoms with Gasteiger partial charge in [-0.25, -0.2) is 0 Å². The van der Waals surface area contributed by atoms with E-state index >= 15 is 0 Å². The third-order valence-electron chi connectivity index (χ3n) is 4.03. The Balaban J connectivity index is 1.69. The van der Waals surface area contributed by atoms with Crippen LogP contribution < -0.4 is 11.1 Å². The Morgan fingerprint density at radius 2 is 2.32 bits per heavy atom. The first-order valence-corrected chi connectivity index (χ1v) is 7.45. The number of morpholine rings is 1. The van der Waals surface area contributed by atoms with Crippen molar-refractivity contribution in [2.24, 2.45) is 11.7 Å². The van der Waals surface area contributed by atoms with Gasteiger partial charge in [-0.15, -0.1) is 0 Å². The molecule has 0 aromatic rings. The van der Waals surface area contributed by atoms with Gasteiger partial charge >= 0.3 is 0 Å². The van der Waals surface area contributed by atoms with Crippen molar-refractivity contribution in [2.45, 2.75) is 51.3 Å². The molecular weight excluding hydrogens is 242 g/mol. The number of hydrogen-bond donors (Lipinski definition) is 2. The molecule has 5 heteroatoms. The molecule has 0 bridgehead atoms. The second-order valence-corrected chi connectivity index (χ2v) is 6.23. The van der Waals surface area contributed by atoms with E-state index < -0.39 is 6.04 Å². The quantitative estimate of drug-likeness (QED) is 0.755. The Labute approximate surface area is 115 Å². The van der Waals surface area contributed by atoms with Crippen LogP contribution in [0.5, 0.6) is 0 Å². The zero-order chi connectivity index (χ0) is 13.8. The maximum absolute atomic E-state index is 11.8. The van der Waals surface area contributed by atoms with Crippen LogP contribution in [0.2, 0.25) is 0 Å². The van der Waals surface area contributed by atoms with Gasteiger partial charge in [0.1, 0.15) is 0 Å². The van der Waals surface area contributed by atoms with Crippen LogP contribution in [0.4, 0.5) is 0 Å². The monoisotopic (exact) mass is 269 g/mol. The van der Waals surface area contributed by atoms with Crippen molar-refractivity contribution in [2.75, 3.05) is 26.2 Å². The first-order valence-electron chi connectivity index (χ1n) is 7.45. The van der Waals surface area contributed by atoms with Crippen molar-refractivity contribution in [3.8, 4) is 0 Å². The summed E-state index contributed by atoms with van der Waals surface area (Å²) in [6.07, 6.45) is 3.36. The lowest BCUT2D eigenvalue weighted by molar-refractivity contribution is -0.124. The number of nitrogens with two attached hydrogens (primary N) is 1. The summed E-state index contributed by atoms with van der Waals surface area (Å²) in [5.41, 5.74) is 5.86. The fraction of sp³-hybridized carbons (Fsp3) is 0.929. The van der Waals surface area contributed by atoms with Crippen LogP contribution in [-0.2, 0) is 9.53 Å². The zero-order valence-electron chi connectivity index (χ0n) is 12.1. The van der Waals surface area contributed by atoms with E-state index in [2.05, 4.69) is 24.1 Å². The summed E-state index contributed by atoms with van der Waals surface area (Å²) in [7, 11) is 0. The highest BCUT2D eigenvalue weighted by Gasteiger charge is 2.32. The number of fused-ring (bicyclic) bond motifs is 1. The van der Waals surface area contributed by atoms with Gasteiger partial charge in [0.05, 0.1) is 18.8 Å². The molecular formula is C14H27N3O2. The van der Waals surface area contributed by atoms with Crippen LogP contribution in [0.25, 0.3) is 0 Å². The van der Waals surface area contributed by atoms with Crippen LogP contribution in [-0.4, -0.2) is 55.2 Å². The van der Waals surface area contributed by atoms with Gasteiger partial charge in [0.15, 0.2) is 0 Å². The maximum atomic E-state index is 11.8. The number of carbonyl (C=O) groups excluding carboxylic acids is 1. The second-order valence-electron chi connectivity index (χ2n) is 6.23. The smallest absolute Gasteiger partial charge is 0.237 e. The van der Waals surface area contributed by atoms with E-state index in [0.29, 0.717) is 18.5 Å². The van der Waals surface area contributed by atoms with Crippen molar-refractivity contribution < 1.29 is 9.53 Å². The Morgan fingerprint density at radius 3 is 3.05 bits per heavy atom. The molecule has 2 aliphatic heterocycles. The zero-order valence-corrected chi connectivity index (χ0v) is 12.1. The van der Waals surface area contributed by atoms with E-state index in [-0.39, 0.29) is 12.0 Å². The summed E-state index contributed by atoms with van der Waals surface area (Å²) in [5, 5.41) is 2.92. The van der Waals surface area contributed by atoms with Gasteiger partial charge in [-0.2, -0.15) is 0 Å². The van der Waals surface area contributed by atoms with Crippen molar-refractivity contribution in [1.82, 2.24) is 10.2 Å². The largest absolute Gasteiger partial charge is 0.373 e. The van der Waals surface area contributed by atoms with Crippen molar-refractivity contribution in [1.29, 1.82) is 0 Å². The Bertz CT molecular complexity index is 309. The lowest BCUT2D eigenvalue weighted by Crippen LogP contribution is -2.51. The SMILES string of the molecule is CC(C)CC(N)C(=O)NCC1CN2CCCC2CO1. The number of amides is 1. The van der Waals surface area contributed by atoms with Gasteiger partial charge in [-0.3, -0.25) is 9.69 Å². The molecule has 0 saturated carbocycles. The number of rotatable bonds is 5. The van der Waals surface area contributed by atoms with Crippen molar-refractivity contribution in [3.05, 3.63) is 0 Å². The highest BCUT2D eigenvalue weighted by molar-refractivity contribution is 5.81. The van der Waals surface area contributed by atoms with Crippen molar-refractivity contribution >= 4 is 5.91 Å². The Morgan fingerprint density at radius 1 is 1.53 bits per heavy atom. The molecule has 3 unspecified atom stereocenters. The Hall–Kier alpha value is -0.650. The predicted molar refractivity (Wildman–Crippen MR) is 74.8 cm³/mol. The minimum Gasteiger partial charge on any atom is -0.373 e. The molecule has 5 nitrogen and oxygen atoms in total. The van der Waals surface area contributed by atoms with Crippen LogP contribution >= 0.6 is 0 Å². The van der Waals surface area contributed by atoms with E-state index in [0.717, 1.165) is 19.6 Å². The first-order chi connectivity index (χ1) is 9.06. The third kappa shape index (κ3) is 4.16. The molecule has 2 rings (SSSR count). The highest BCUT2D eigenvalue weighted by atomic mass is 16.5. The molecule has 3 atom stereocenters. The van der Waals surface area contributed by atoms with Crippen LogP contribution in [0.3, 0.4) is 0 Å². The highest BCUT2D eigenvalue weighted by Crippen LogP contribution is 2.22. The van der Waals surface area contributed by atoms with Gasteiger partial charge in [-0.05, 0) is 31.7 Å². The van der Waals surface area contributed by atoms with E-state index in [9.17, 15) is 4.79 Å². The molecule has 19 heavy (non-hydrogen) atoms. The van der Waals surface area contributed by atoms with E-state index in [4.69, 9.17) is 10.5 Å². The van der Waals surface area contributed by atoms with Crippen LogP contribution in [0.1, 0.15) is 33.1 Å². The molecule has 110 valence electrons. The number of nitrogens with zero attached hydrogens (tertiary/aromatic N) is 1. The average molecular weight is 269 g/mol. The molecule has 0 aliphatic carbocycles. The first kappa shape index (κ1) is 14.8. The van der Waals surface area contributed by atoms with Crippen LogP contribution in [0, 0.1) is 5.92 Å². The van der Waals surface area contributed by atoms with Gasteiger partial charge < -0.3 is 15.8 Å². The van der Waals surface area contributed by atoms with Gasteiger partial charge in [-0.1, -0.05) is 13.8 Å². The summed E-state index contributed by atoms with van der Waals surface area (Å²) in [6, 6.07) is 0.207. The molecule has 3 N–H and O–H groups in total. The standard InChI is InChI=1S/C14H27N3O2/c1-10(2)6-13(15)14(18)16-7-12-8-17-5-3-4-11(17)9-19-12/h10-13H,3-9,15H2,1-2H3,(H,16,18). The lowest BCUT2D eigenvalue weighted by atomic mass is 10.0. The average Bonchev–Trinajstić information content (AvgIpc) is 2.82. The molecule has 1 amide bonds. The van der Waals surface area contributed by atoms with Gasteiger partial charge in [0, 0.05) is 19.1 Å². The van der Waals surface area contributed by atoms with E-state index in [1.54, 1.807) is 0 Å². The third-order valence-corrected chi connectivity index (χ3v) is 4.03. The summed E-state index contributed by atoms with van der Waals surface area (Å²) >= 11 is 0. The minimum absolute atomic E-state index is 0.0548. The summed E-state index contributed by atoms with van der Waals surface area (Å²) in [5.74, 6) is 0.387. The molecule has 2 heterocycles. The molecule has 2 fully saturated rings. The minimum atomic E-state index is -0.400. The van der Waals surface area contributed by atoms with Crippen LogP contribution in [0.15, 0.2) is 0 Å². The number of ether oxygens (including phenoxy) is 1. The fourth-order valence-corrected chi connectivity index (χ4v) is 2.97. The van der Waals surface area contributed by atoms with Crippen molar-refractivity contribution in [3.63, 3.8) is 0 Å². The maximum Gasteiger partial charge on any atom is 0.237 e. The summed E-state index contributed by atoms with van der Waals surface area (Å²) in [4.78, 5) is 14.3. The molecule has 2 saturated heterocycles. The molecule has 0 aromatic heterocycles. The van der Waals surface area contributed by atoms with E-state index in [1.165, 1.54) is 19.4 Å². The fourth-order valence-electron chi connectivity index (χ4n) is 2.97. The molecule has 0 radical (unpaired) electrons. The van der Waals surface area contributed by atoms with Gasteiger partial charge in [0.25, 0.3) is 0 Å². The molecule has 0 aromatic carbocycles. The normalized spacial score (nSPS) is 29.3. The second kappa shape index (κ2) is 6.68. The number of carbonyl (C=O) groups is 1. The number of hydrogen-bond acceptors (Lipinski definition) is 4. The molecule has 2 aliphatic rings.